The van der Waals surface area contributed by atoms with Crippen molar-refractivity contribution in [3.05, 3.63) is 11.6 Å². The first-order valence-electron chi connectivity index (χ1n) is 7.78. The first kappa shape index (κ1) is 16.1. The first-order valence-corrected chi connectivity index (χ1v) is 8.82. The fourth-order valence-electron chi connectivity index (χ4n) is 2.44. The highest BCUT2D eigenvalue weighted by Crippen LogP contribution is 2.23. The molecule has 0 fully saturated rings. The Morgan fingerprint density at radius 2 is 2.00 bits per heavy atom. The van der Waals surface area contributed by atoms with E-state index in [1.165, 1.54) is 50.7 Å². The van der Waals surface area contributed by atoms with E-state index in [-0.39, 0.29) is 0 Å². The van der Waals surface area contributed by atoms with Crippen molar-refractivity contribution in [2.75, 3.05) is 12.3 Å². The van der Waals surface area contributed by atoms with Gasteiger partial charge in [-0.15, -0.1) is 0 Å². The van der Waals surface area contributed by atoms with Crippen LogP contribution in [0.15, 0.2) is 11.6 Å². The zero-order chi connectivity index (χ0) is 13.2. The Morgan fingerprint density at radius 1 is 1.22 bits per heavy atom. The Bertz CT molecular complexity index is 235. The molecule has 1 atom stereocenters. The van der Waals surface area contributed by atoms with Crippen molar-refractivity contribution in [3.8, 4) is 0 Å². The lowest BCUT2D eigenvalue weighted by atomic mass is 9.95. The molecule has 18 heavy (non-hydrogen) atoms. The minimum absolute atomic E-state index is 0.621. The lowest BCUT2D eigenvalue weighted by Crippen LogP contribution is -2.34. The van der Waals surface area contributed by atoms with Crippen molar-refractivity contribution in [1.82, 2.24) is 5.32 Å². The van der Waals surface area contributed by atoms with Crippen molar-refractivity contribution in [1.29, 1.82) is 0 Å². The molecule has 0 aliphatic heterocycles. The molecule has 0 amide bonds. The Labute approximate surface area is 118 Å². The lowest BCUT2D eigenvalue weighted by Gasteiger charge is -2.24. The van der Waals surface area contributed by atoms with Crippen LogP contribution in [0, 0.1) is 0 Å². The summed E-state index contributed by atoms with van der Waals surface area (Å²) in [5.41, 5.74) is 1.69. The van der Waals surface area contributed by atoms with Crippen LogP contribution in [0.25, 0.3) is 0 Å². The standard InChI is InChI=1S/C16H31NS/c1-4-12-17-16(13-18-14(2)3)15-10-8-6-5-7-9-11-15/h10,14,16-17H,4-9,11-13H2,1-3H3. The molecule has 0 spiro atoms. The van der Waals surface area contributed by atoms with Crippen molar-refractivity contribution in [2.24, 2.45) is 0 Å². The Balaban J connectivity index is 2.54. The molecule has 0 radical (unpaired) electrons. The molecule has 0 heterocycles. The number of rotatable bonds is 7. The van der Waals surface area contributed by atoms with E-state index in [0.29, 0.717) is 6.04 Å². The topological polar surface area (TPSA) is 12.0 Å². The second kappa shape index (κ2) is 9.91. The van der Waals surface area contributed by atoms with Gasteiger partial charge in [0, 0.05) is 11.8 Å². The van der Waals surface area contributed by atoms with Gasteiger partial charge < -0.3 is 5.32 Å². The van der Waals surface area contributed by atoms with E-state index < -0.39 is 0 Å². The minimum Gasteiger partial charge on any atom is -0.310 e. The zero-order valence-electron chi connectivity index (χ0n) is 12.5. The van der Waals surface area contributed by atoms with Gasteiger partial charge in [-0.3, -0.25) is 0 Å². The smallest absolute Gasteiger partial charge is 0.0370 e. The third-order valence-corrected chi connectivity index (χ3v) is 4.70. The third-order valence-electron chi connectivity index (χ3n) is 3.51. The van der Waals surface area contributed by atoms with Gasteiger partial charge in [-0.2, -0.15) is 11.8 Å². The fraction of sp³-hybridized carbons (Fsp3) is 0.875. The minimum atomic E-state index is 0.621. The molecule has 0 aromatic heterocycles. The molecule has 1 unspecified atom stereocenters. The Morgan fingerprint density at radius 3 is 2.72 bits per heavy atom. The average Bonchev–Trinajstić information content (AvgIpc) is 2.30. The lowest BCUT2D eigenvalue weighted by molar-refractivity contribution is 0.553. The highest BCUT2D eigenvalue weighted by Gasteiger charge is 2.15. The molecular formula is C16H31NS. The normalized spacial score (nSPS) is 19.2. The number of allylic oxidation sites excluding steroid dienone is 1. The molecule has 1 rings (SSSR count). The van der Waals surface area contributed by atoms with Crippen LogP contribution in [0.4, 0.5) is 0 Å². The number of thioether (sulfide) groups is 1. The van der Waals surface area contributed by atoms with Gasteiger partial charge in [0.05, 0.1) is 0 Å². The Kier molecular flexibility index (Phi) is 8.87. The maximum atomic E-state index is 3.75. The second-order valence-corrected chi connectivity index (χ2v) is 7.23. The van der Waals surface area contributed by atoms with Gasteiger partial charge in [0.2, 0.25) is 0 Å². The van der Waals surface area contributed by atoms with Crippen LogP contribution >= 0.6 is 11.8 Å². The molecule has 1 nitrogen and oxygen atoms in total. The van der Waals surface area contributed by atoms with E-state index in [1.807, 2.05) is 0 Å². The average molecular weight is 269 g/mol. The summed E-state index contributed by atoms with van der Waals surface area (Å²) < 4.78 is 0. The summed E-state index contributed by atoms with van der Waals surface area (Å²) in [6.07, 6.45) is 12.0. The quantitative estimate of drug-likeness (QED) is 0.668. The van der Waals surface area contributed by atoms with Crippen molar-refractivity contribution in [2.45, 2.75) is 77.0 Å². The largest absolute Gasteiger partial charge is 0.310 e. The van der Waals surface area contributed by atoms with Crippen LogP contribution in [-0.2, 0) is 0 Å². The van der Waals surface area contributed by atoms with E-state index in [4.69, 9.17) is 0 Å². The van der Waals surface area contributed by atoms with E-state index in [0.717, 1.165) is 11.8 Å². The maximum Gasteiger partial charge on any atom is 0.0370 e. The van der Waals surface area contributed by atoms with E-state index >= 15 is 0 Å². The summed E-state index contributed by atoms with van der Waals surface area (Å²) in [4.78, 5) is 0. The van der Waals surface area contributed by atoms with Gasteiger partial charge >= 0.3 is 0 Å². The molecule has 1 aliphatic rings. The monoisotopic (exact) mass is 269 g/mol. The van der Waals surface area contributed by atoms with Crippen LogP contribution in [0.3, 0.4) is 0 Å². The van der Waals surface area contributed by atoms with Gasteiger partial charge in [-0.25, -0.2) is 0 Å². The van der Waals surface area contributed by atoms with Crippen LogP contribution in [0.5, 0.6) is 0 Å². The molecule has 1 aliphatic carbocycles. The zero-order valence-corrected chi connectivity index (χ0v) is 13.3. The van der Waals surface area contributed by atoms with Crippen LogP contribution in [-0.4, -0.2) is 23.6 Å². The van der Waals surface area contributed by atoms with Crippen molar-refractivity contribution < 1.29 is 0 Å². The molecule has 0 bridgehead atoms. The summed E-state index contributed by atoms with van der Waals surface area (Å²) in [5.74, 6) is 1.24. The van der Waals surface area contributed by atoms with Crippen LogP contribution < -0.4 is 5.32 Å². The van der Waals surface area contributed by atoms with Gasteiger partial charge in [0.1, 0.15) is 0 Å². The van der Waals surface area contributed by atoms with E-state index in [9.17, 15) is 0 Å². The first-order chi connectivity index (χ1) is 8.74. The fourth-order valence-corrected chi connectivity index (χ4v) is 3.35. The summed E-state index contributed by atoms with van der Waals surface area (Å²) in [6, 6.07) is 0.621. The predicted molar refractivity (Wildman–Crippen MR) is 85.5 cm³/mol. The van der Waals surface area contributed by atoms with Crippen molar-refractivity contribution >= 4 is 11.8 Å². The third kappa shape index (κ3) is 6.84. The highest BCUT2D eigenvalue weighted by atomic mass is 32.2. The molecule has 0 saturated carbocycles. The van der Waals surface area contributed by atoms with Gasteiger partial charge in [-0.1, -0.05) is 45.3 Å². The summed E-state index contributed by atoms with van der Waals surface area (Å²) in [6.45, 7) is 8.01. The molecule has 0 aromatic carbocycles. The molecular weight excluding hydrogens is 238 g/mol. The maximum absolute atomic E-state index is 3.75. The summed E-state index contributed by atoms with van der Waals surface area (Å²) in [7, 11) is 0. The van der Waals surface area contributed by atoms with Gasteiger partial charge in [0.15, 0.2) is 0 Å². The predicted octanol–water partition coefficient (Wildman–Crippen LogP) is 4.78. The number of nitrogens with one attached hydrogen (secondary N) is 1. The molecule has 2 heteroatoms. The van der Waals surface area contributed by atoms with Crippen LogP contribution in [0.1, 0.15) is 65.7 Å². The number of hydrogen-bond acceptors (Lipinski definition) is 2. The van der Waals surface area contributed by atoms with Crippen LogP contribution in [0.2, 0.25) is 0 Å². The van der Waals surface area contributed by atoms with Gasteiger partial charge in [-0.05, 0) is 43.9 Å². The summed E-state index contributed by atoms with van der Waals surface area (Å²) >= 11 is 2.09. The molecule has 0 aromatic rings. The van der Waals surface area contributed by atoms with E-state index in [2.05, 4.69) is 43.9 Å². The van der Waals surface area contributed by atoms with E-state index in [1.54, 1.807) is 5.57 Å². The second-order valence-electron chi connectivity index (χ2n) is 5.62. The molecule has 106 valence electrons. The van der Waals surface area contributed by atoms with Crippen molar-refractivity contribution in [3.63, 3.8) is 0 Å². The SMILES string of the molecule is CCCNC(CSC(C)C)C1=CCCCCCC1. The number of hydrogen-bond donors (Lipinski definition) is 1. The summed E-state index contributed by atoms with van der Waals surface area (Å²) in [5, 5.41) is 4.49. The van der Waals surface area contributed by atoms with Gasteiger partial charge in [0.25, 0.3) is 0 Å². The molecule has 0 saturated heterocycles. The highest BCUT2D eigenvalue weighted by molar-refractivity contribution is 7.99. The Hall–Kier alpha value is 0.0500. The molecule has 1 N–H and O–H groups in total.